The summed E-state index contributed by atoms with van der Waals surface area (Å²) < 4.78 is 15.3. The van der Waals surface area contributed by atoms with E-state index in [-0.39, 0.29) is 23.3 Å². The Labute approximate surface area is 147 Å². The molecule has 0 bridgehead atoms. The third-order valence-corrected chi connectivity index (χ3v) is 3.61. The average molecular weight is 363 g/mol. The van der Waals surface area contributed by atoms with Crippen molar-refractivity contribution in [2.75, 3.05) is 13.2 Å². The van der Waals surface area contributed by atoms with Crippen LogP contribution in [0.2, 0.25) is 0 Å². The van der Waals surface area contributed by atoms with E-state index in [1.807, 2.05) is 0 Å². The number of para-hydroxylation sites is 1. The molecule has 0 N–H and O–H groups in total. The minimum atomic E-state index is -1.40. The number of aryl methyl sites for hydroxylation is 1. The van der Waals surface area contributed by atoms with Gasteiger partial charge in [0.2, 0.25) is 5.89 Å². The number of hydrogen-bond acceptors (Lipinski definition) is 9. The molecule has 0 radical (unpaired) electrons. The first-order valence-corrected chi connectivity index (χ1v) is 8.09. The molecule has 25 heavy (non-hydrogen) atoms. The Morgan fingerprint density at radius 3 is 2.72 bits per heavy atom. The Hall–Kier alpha value is -2.81. The fourth-order valence-electron chi connectivity index (χ4n) is 1.76. The van der Waals surface area contributed by atoms with E-state index in [9.17, 15) is 14.7 Å². The number of carboxylic acid groups (broad SMARTS) is 1. The molecule has 1 heterocycles. The third kappa shape index (κ3) is 5.64. The van der Waals surface area contributed by atoms with E-state index in [0.717, 1.165) is 11.8 Å². The zero-order valence-electron chi connectivity index (χ0n) is 13.6. The van der Waals surface area contributed by atoms with E-state index in [1.54, 1.807) is 38.1 Å². The first-order chi connectivity index (χ1) is 12.0. The van der Waals surface area contributed by atoms with Crippen LogP contribution in [0.15, 0.2) is 38.8 Å². The molecular formula is C16H15N2O6S-. The van der Waals surface area contributed by atoms with Crippen LogP contribution >= 0.6 is 11.8 Å². The molecule has 2 rings (SSSR count). The molecule has 1 aromatic heterocycles. The summed E-state index contributed by atoms with van der Waals surface area (Å²) in [6, 6.07) is 6.66. The van der Waals surface area contributed by atoms with Gasteiger partial charge in [-0.25, -0.2) is 4.79 Å². The van der Waals surface area contributed by atoms with Crippen LogP contribution in [-0.4, -0.2) is 35.3 Å². The second-order valence-electron chi connectivity index (χ2n) is 4.62. The SMILES string of the molecule is CCOC(=O)COc1ccccc1/C=C(\Sc1nnc(C)o1)C(=O)[O-]. The predicted octanol–water partition coefficient (Wildman–Crippen LogP) is 1.20. The molecule has 0 aliphatic heterocycles. The Balaban J connectivity index is 2.21. The number of esters is 1. The molecule has 0 saturated heterocycles. The summed E-state index contributed by atoms with van der Waals surface area (Å²) in [5, 5.41) is 18.8. The van der Waals surface area contributed by atoms with Crippen molar-refractivity contribution in [2.45, 2.75) is 19.1 Å². The highest BCUT2D eigenvalue weighted by atomic mass is 32.2. The fraction of sp³-hybridized carbons (Fsp3) is 0.250. The van der Waals surface area contributed by atoms with Gasteiger partial charge in [-0.3, -0.25) is 0 Å². The quantitative estimate of drug-likeness (QED) is 0.387. The Kier molecular flexibility index (Phi) is 6.58. The normalized spacial score (nSPS) is 11.2. The van der Waals surface area contributed by atoms with Crippen LogP contribution in [0, 0.1) is 6.92 Å². The number of hydrogen-bond donors (Lipinski definition) is 0. The van der Waals surface area contributed by atoms with Gasteiger partial charge in [-0.1, -0.05) is 18.2 Å². The van der Waals surface area contributed by atoms with E-state index in [2.05, 4.69) is 10.2 Å². The first-order valence-electron chi connectivity index (χ1n) is 7.28. The molecular weight excluding hydrogens is 348 g/mol. The molecule has 0 aliphatic carbocycles. The van der Waals surface area contributed by atoms with Gasteiger partial charge < -0.3 is 23.8 Å². The molecule has 132 valence electrons. The van der Waals surface area contributed by atoms with Gasteiger partial charge >= 0.3 is 5.97 Å². The zero-order chi connectivity index (χ0) is 18.2. The Bertz CT molecular complexity index is 786. The van der Waals surface area contributed by atoms with Crippen molar-refractivity contribution >= 4 is 29.8 Å². The lowest BCUT2D eigenvalue weighted by Gasteiger charge is -2.10. The number of nitrogens with zero attached hydrogens (tertiary/aromatic N) is 2. The predicted molar refractivity (Wildman–Crippen MR) is 86.4 cm³/mol. The van der Waals surface area contributed by atoms with Crippen molar-refractivity contribution in [2.24, 2.45) is 0 Å². The molecule has 0 amide bonds. The van der Waals surface area contributed by atoms with E-state index in [0.29, 0.717) is 17.2 Å². The molecule has 0 spiro atoms. The minimum absolute atomic E-state index is 0.0814. The van der Waals surface area contributed by atoms with Gasteiger partial charge in [0.05, 0.1) is 12.6 Å². The molecule has 9 heteroatoms. The highest BCUT2D eigenvalue weighted by Crippen LogP contribution is 2.29. The van der Waals surface area contributed by atoms with Crippen LogP contribution in [0.4, 0.5) is 0 Å². The summed E-state index contributed by atoms with van der Waals surface area (Å²) in [5.41, 5.74) is 0.453. The number of aliphatic carboxylic acids is 1. The summed E-state index contributed by atoms with van der Waals surface area (Å²) in [6.45, 7) is 3.25. The van der Waals surface area contributed by atoms with Crippen molar-refractivity contribution in [1.82, 2.24) is 10.2 Å². The van der Waals surface area contributed by atoms with Crippen LogP contribution in [0.3, 0.4) is 0 Å². The van der Waals surface area contributed by atoms with Gasteiger partial charge in [0.1, 0.15) is 5.75 Å². The largest absolute Gasteiger partial charge is 0.544 e. The van der Waals surface area contributed by atoms with E-state index in [4.69, 9.17) is 13.9 Å². The molecule has 0 saturated carbocycles. The summed E-state index contributed by atoms with van der Waals surface area (Å²) in [4.78, 5) is 22.6. The highest BCUT2D eigenvalue weighted by Gasteiger charge is 2.11. The van der Waals surface area contributed by atoms with Gasteiger partial charge in [-0.15, -0.1) is 10.2 Å². The smallest absolute Gasteiger partial charge is 0.344 e. The Morgan fingerprint density at radius 1 is 1.32 bits per heavy atom. The Morgan fingerprint density at radius 2 is 2.08 bits per heavy atom. The third-order valence-electron chi connectivity index (χ3n) is 2.76. The maximum atomic E-state index is 11.4. The average Bonchev–Trinajstić information content (AvgIpc) is 2.98. The lowest BCUT2D eigenvalue weighted by Crippen LogP contribution is -2.23. The van der Waals surface area contributed by atoms with Crippen molar-refractivity contribution in [3.63, 3.8) is 0 Å². The second kappa shape index (κ2) is 8.88. The number of thioether (sulfide) groups is 1. The lowest BCUT2D eigenvalue weighted by molar-refractivity contribution is -0.298. The number of rotatable bonds is 8. The molecule has 0 unspecified atom stereocenters. The van der Waals surface area contributed by atoms with Crippen molar-refractivity contribution in [3.05, 3.63) is 40.6 Å². The molecule has 1 aromatic carbocycles. The maximum Gasteiger partial charge on any atom is 0.344 e. The molecule has 0 fully saturated rings. The van der Waals surface area contributed by atoms with E-state index in [1.165, 1.54) is 6.08 Å². The van der Waals surface area contributed by atoms with Crippen LogP contribution in [-0.2, 0) is 14.3 Å². The van der Waals surface area contributed by atoms with Gasteiger partial charge in [-0.2, -0.15) is 0 Å². The summed E-state index contributed by atoms with van der Waals surface area (Å²) in [7, 11) is 0. The van der Waals surface area contributed by atoms with Crippen molar-refractivity contribution < 1.29 is 28.6 Å². The van der Waals surface area contributed by atoms with Gasteiger partial charge in [-0.05, 0) is 30.8 Å². The molecule has 0 aliphatic rings. The van der Waals surface area contributed by atoms with E-state index >= 15 is 0 Å². The summed E-state index contributed by atoms with van der Waals surface area (Å²) >= 11 is 0.765. The van der Waals surface area contributed by atoms with E-state index < -0.39 is 11.9 Å². The van der Waals surface area contributed by atoms with Gasteiger partial charge in [0.25, 0.3) is 5.22 Å². The summed E-state index contributed by atoms with van der Waals surface area (Å²) in [6.07, 6.45) is 1.35. The monoisotopic (exact) mass is 363 g/mol. The molecule has 2 aromatic rings. The van der Waals surface area contributed by atoms with Crippen LogP contribution in [0.1, 0.15) is 18.4 Å². The van der Waals surface area contributed by atoms with Gasteiger partial charge in [0, 0.05) is 17.4 Å². The number of carbonyl (C=O) groups is 2. The number of benzene rings is 1. The number of carboxylic acids is 1. The zero-order valence-corrected chi connectivity index (χ0v) is 14.4. The van der Waals surface area contributed by atoms with Crippen molar-refractivity contribution in [3.8, 4) is 5.75 Å². The second-order valence-corrected chi connectivity index (χ2v) is 5.61. The molecule has 0 atom stereocenters. The fourth-order valence-corrected chi connectivity index (χ4v) is 2.46. The lowest BCUT2D eigenvalue weighted by atomic mass is 10.2. The van der Waals surface area contributed by atoms with Crippen molar-refractivity contribution in [1.29, 1.82) is 0 Å². The van der Waals surface area contributed by atoms with Crippen LogP contribution in [0.25, 0.3) is 6.08 Å². The maximum absolute atomic E-state index is 11.4. The summed E-state index contributed by atoms with van der Waals surface area (Å²) in [5.74, 6) is -1.27. The minimum Gasteiger partial charge on any atom is -0.544 e. The molecule has 8 nitrogen and oxygen atoms in total. The number of carbonyl (C=O) groups excluding carboxylic acids is 2. The first kappa shape index (κ1) is 18.5. The number of ether oxygens (including phenoxy) is 2. The van der Waals surface area contributed by atoms with Crippen LogP contribution in [0.5, 0.6) is 5.75 Å². The van der Waals surface area contributed by atoms with Gasteiger partial charge in [0.15, 0.2) is 6.61 Å². The topological polar surface area (TPSA) is 115 Å². The highest BCUT2D eigenvalue weighted by molar-refractivity contribution is 8.03. The number of aromatic nitrogens is 2. The standard InChI is InChI=1S/C16H16N2O6S/c1-3-22-14(19)9-23-12-7-5-4-6-11(12)8-13(15(20)21)25-16-18-17-10(2)24-16/h4-8H,3,9H2,1-2H3,(H,20,21)/p-1/b13-8-. The van der Waals surface area contributed by atoms with Crippen LogP contribution < -0.4 is 9.84 Å².